The Bertz CT molecular complexity index is 274. The van der Waals surface area contributed by atoms with Crippen LogP contribution in [0.4, 0.5) is 0 Å². The molecule has 1 heterocycles. The van der Waals surface area contributed by atoms with Gasteiger partial charge in [0.15, 0.2) is 0 Å². The molecule has 1 aliphatic heterocycles. The highest BCUT2D eigenvalue weighted by molar-refractivity contribution is 5.35. The molecule has 0 saturated carbocycles. The molecule has 1 aromatic rings. The molecule has 1 aliphatic rings. The molecular formula is C10H12O. The fourth-order valence-electron chi connectivity index (χ4n) is 1.35. The molecule has 1 nitrogen and oxygen atoms in total. The number of rotatable bonds is 1. The topological polar surface area (TPSA) is 12.5 Å². The van der Waals surface area contributed by atoms with Crippen molar-refractivity contribution in [2.45, 2.75) is 20.0 Å². The van der Waals surface area contributed by atoms with E-state index >= 15 is 0 Å². The van der Waals surface area contributed by atoms with E-state index in [1.165, 1.54) is 16.7 Å². The number of ether oxygens (including phenoxy) is 1. The molecule has 11 heavy (non-hydrogen) atoms. The molecule has 1 atom stereocenters. The Morgan fingerprint density at radius 1 is 1.36 bits per heavy atom. The average molecular weight is 148 g/mol. The van der Waals surface area contributed by atoms with Gasteiger partial charge in [-0.1, -0.05) is 18.2 Å². The average Bonchev–Trinajstić information content (AvgIpc) is 2.77. The van der Waals surface area contributed by atoms with Crippen molar-refractivity contribution < 1.29 is 4.74 Å². The van der Waals surface area contributed by atoms with E-state index in [9.17, 15) is 0 Å². The second-order valence-corrected chi connectivity index (χ2v) is 3.11. The van der Waals surface area contributed by atoms with Gasteiger partial charge in [0.05, 0.1) is 6.61 Å². The van der Waals surface area contributed by atoms with Crippen LogP contribution in [0.3, 0.4) is 0 Å². The largest absolute Gasteiger partial charge is 0.368 e. The zero-order chi connectivity index (χ0) is 7.84. The van der Waals surface area contributed by atoms with Gasteiger partial charge in [-0.3, -0.25) is 0 Å². The van der Waals surface area contributed by atoms with Crippen LogP contribution in [0.25, 0.3) is 0 Å². The smallest absolute Gasteiger partial charge is 0.106 e. The summed E-state index contributed by atoms with van der Waals surface area (Å²) in [6, 6.07) is 6.39. The minimum Gasteiger partial charge on any atom is -0.368 e. The molecule has 0 spiro atoms. The van der Waals surface area contributed by atoms with Crippen LogP contribution in [0, 0.1) is 13.8 Å². The van der Waals surface area contributed by atoms with Crippen LogP contribution in [-0.2, 0) is 4.74 Å². The van der Waals surface area contributed by atoms with E-state index in [1.807, 2.05) is 0 Å². The van der Waals surface area contributed by atoms with E-state index < -0.39 is 0 Å². The van der Waals surface area contributed by atoms with Crippen molar-refractivity contribution in [3.63, 3.8) is 0 Å². The Labute approximate surface area is 67.0 Å². The summed E-state index contributed by atoms with van der Waals surface area (Å²) in [5.74, 6) is 0. The maximum Gasteiger partial charge on any atom is 0.106 e. The maximum absolute atomic E-state index is 5.23. The summed E-state index contributed by atoms with van der Waals surface area (Å²) in [5.41, 5.74) is 4.11. The molecule has 2 rings (SSSR count). The van der Waals surface area contributed by atoms with E-state index in [4.69, 9.17) is 4.74 Å². The summed E-state index contributed by atoms with van der Waals surface area (Å²) in [5, 5.41) is 0. The van der Waals surface area contributed by atoms with E-state index in [1.54, 1.807) is 0 Å². The zero-order valence-electron chi connectivity index (χ0n) is 6.92. The van der Waals surface area contributed by atoms with E-state index in [0.29, 0.717) is 6.10 Å². The van der Waals surface area contributed by atoms with Crippen LogP contribution in [-0.4, -0.2) is 6.61 Å². The van der Waals surface area contributed by atoms with Crippen LogP contribution in [0.5, 0.6) is 0 Å². The van der Waals surface area contributed by atoms with Crippen LogP contribution in [0.15, 0.2) is 18.2 Å². The minimum atomic E-state index is 0.398. The first-order chi connectivity index (χ1) is 5.29. The third-order valence-corrected chi connectivity index (χ3v) is 2.33. The molecule has 0 bridgehead atoms. The summed E-state index contributed by atoms with van der Waals surface area (Å²) < 4.78 is 5.23. The summed E-state index contributed by atoms with van der Waals surface area (Å²) in [6.07, 6.45) is 0.398. The predicted octanol–water partition coefficient (Wildman–Crippen LogP) is 2.37. The minimum absolute atomic E-state index is 0.398. The molecule has 0 aliphatic carbocycles. The monoisotopic (exact) mass is 148 g/mol. The highest BCUT2D eigenvalue weighted by Gasteiger charge is 2.26. The zero-order valence-corrected chi connectivity index (χ0v) is 6.92. The van der Waals surface area contributed by atoms with Gasteiger partial charge in [-0.25, -0.2) is 0 Å². The van der Waals surface area contributed by atoms with Crippen molar-refractivity contribution >= 4 is 0 Å². The van der Waals surface area contributed by atoms with E-state index in [-0.39, 0.29) is 0 Å². The Morgan fingerprint density at radius 3 is 2.73 bits per heavy atom. The fourth-order valence-corrected chi connectivity index (χ4v) is 1.35. The van der Waals surface area contributed by atoms with E-state index in [0.717, 1.165) is 6.61 Å². The van der Waals surface area contributed by atoms with Crippen LogP contribution < -0.4 is 0 Å². The summed E-state index contributed by atoms with van der Waals surface area (Å²) in [7, 11) is 0. The van der Waals surface area contributed by atoms with Gasteiger partial charge >= 0.3 is 0 Å². The lowest BCUT2D eigenvalue weighted by atomic mass is 10.0. The Hall–Kier alpha value is -0.820. The van der Waals surface area contributed by atoms with Gasteiger partial charge in [0, 0.05) is 0 Å². The standard InChI is InChI=1S/C10H12O/c1-7-4-3-5-9(8(7)2)10-6-11-10/h3-5,10H,6H2,1-2H3. The highest BCUT2D eigenvalue weighted by atomic mass is 16.6. The molecule has 1 unspecified atom stereocenters. The molecular weight excluding hydrogens is 136 g/mol. The van der Waals surface area contributed by atoms with E-state index in [2.05, 4.69) is 32.0 Å². The second-order valence-electron chi connectivity index (χ2n) is 3.11. The van der Waals surface area contributed by atoms with Crippen molar-refractivity contribution in [3.05, 3.63) is 34.9 Å². The number of benzene rings is 1. The molecule has 1 saturated heterocycles. The number of aryl methyl sites for hydroxylation is 1. The summed E-state index contributed by atoms with van der Waals surface area (Å²) >= 11 is 0. The van der Waals surface area contributed by atoms with Gasteiger partial charge in [-0.05, 0) is 30.5 Å². The van der Waals surface area contributed by atoms with Gasteiger partial charge in [-0.2, -0.15) is 0 Å². The number of epoxide rings is 1. The molecule has 1 fully saturated rings. The maximum atomic E-state index is 5.23. The molecule has 58 valence electrons. The van der Waals surface area contributed by atoms with Gasteiger partial charge in [0.25, 0.3) is 0 Å². The van der Waals surface area contributed by atoms with Gasteiger partial charge in [-0.15, -0.1) is 0 Å². The Kier molecular flexibility index (Phi) is 1.46. The molecule has 0 radical (unpaired) electrons. The van der Waals surface area contributed by atoms with Gasteiger partial charge in [0.1, 0.15) is 6.10 Å². The number of hydrogen-bond donors (Lipinski definition) is 0. The lowest BCUT2D eigenvalue weighted by Crippen LogP contribution is -1.89. The predicted molar refractivity (Wildman–Crippen MR) is 44.6 cm³/mol. The molecule has 0 amide bonds. The van der Waals surface area contributed by atoms with Gasteiger partial charge in [0.2, 0.25) is 0 Å². The second kappa shape index (κ2) is 2.35. The summed E-state index contributed by atoms with van der Waals surface area (Å²) in [6.45, 7) is 5.21. The Balaban J connectivity index is 2.45. The fraction of sp³-hybridized carbons (Fsp3) is 0.400. The van der Waals surface area contributed by atoms with Crippen LogP contribution in [0.2, 0.25) is 0 Å². The normalized spacial score (nSPS) is 21.8. The lowest BCUT2D eigenvalue weighted by molar-refractivity contribution is 0.415. The molecule has 0 aromatic heterocycles. The van der Waals surface area contributed by atoms with Crippen LogP contribution in [0.1, 0.15) is 22.8 Å². The third-order valence-electron chi connectivity index (χ3n) is 2.33. The quantitative estimate of drug-likeness (QED) is 0.557. The third kappa shape index (κ3) is 1.16. The summed E-state index contributed by atoms with van der Waals surface area (Å²) in [4.78, 5) is 0. The van der Waals surface area contributed by atoms with Crippen molar-refractivity contribution in [1.82, 2.24) is 0 Å². The SMILES string of the molecule is Cc1cccc(C2CO2)c1C. The molecule has 1 aromatic carbocycles. The van der Waals surface area contributed by atoms with Crippen molar-refractivity contribution in [2.24, 2.45) is 0 Å². The van der Waals surface area contributed by atoms with Gasteiger partial charge < -0.3 is 4.74 Å². The van der Waals surface area contributed by atoms with Crippen molar-refractivity contribution in [3.8, 4) is 0 Å². The lowest BCUT2D eigenvalue weighted by Gasteiger charge is -2.04. The van der Waals surface area contributed by atoms with Crippen molar-refractivity contribution in [2.75, 3.05) is 6.61 Å². The first-order valence-electron chi connectivity index (χ1n) is 3.97. The van der Waals surface area contributed by atoms with Crippen LogP contribution >= 0.6 is 0 Å². The van der Waals surface area contributed by atoms with Crippen molar-refractivity contribution in [1.29, 1.82) is 0 Å². The Morgan fingerprint density at radius 2 is 2.09 bits per heavy atom. The first-order valence-corrected chi connectivity index (χ1v) is 3.97. The highest BCUT2D eigenvalue weighted by Crippen LogP contribution is 2.32. The molecule has 1 heteroatoms. The molecule has 0 N–H and O–H groups in total. The number of hydrogen-bond acceptors (Lipinski definition) is 1. The first kappa shape index (κ1) is 6.86.